The van der Waals surface area contributed by atoms with Crippen molar-refractivity contribution in [1.29, 1.82) is 0 Å². The minimum absolute atomic E-state index is 0.581. The van der Waals surface area contributed by atoms with Crippen molar-refractivity contribution in [3.8, 4) is 0 Å². The Morgan fingerprint density at radius 3 is 2.94 bits per heavy atom. The third-order valence-corrected chi connectivity index (χ3v) is 3.51. The van der Waals surface area contributed by atoms with Crippen molar-refractivity contribution in [2.24, 2.45) is 0 Å². The van der Waals surface area contributed by atoms with Gasteiger partial charge in [0.15, 0.2) is 5.65 Å². The first-order chi connectivity index (χ1) is 7.84. The monoisotopic (exact) mass is 235 g/mol. The number of imidazole rings is 1. The zero-order chi connectivity index (χ0) is 11.0. The number of rotatable bonds is 1. The summed E-state index contributed by atoms with van der Waals surface area (Å²) in [4.78, 5) is 4.64. The van der Waals surface area contributed by atoms with E-state index >= 15 is 0 Å². The van der Waals surface area contributed by atoms with Gasteiger partial charge in [-0.15, -0.1) is 0 Å². The predicted octanol–water partition coefficient (Wildman–Crippen LogP) is 2.45. The van der Waals surface area contributed by atoms with Crippen molar-refractivity contribution in [3.63, 3.8) is 0 Å². The second kappa shape index (κ2) is 4.07. The van der Waals surface area contributed by atoms with Crippen LogP contribution in [0.4, 0.5) is 0 Å². The smallest absolute Gasteiger partial charge is 0.155 e. The second-order valence-corrected chi connectivity index (χ2v) is 4.68. The molecule has 3 nitrogen and oxygen atoms in total. The maximum absolute atomic E-state index is 6.11. The molecule has 0 aliphatic carbocycles. The van der Waals surface area contributed by atoms with Gasteiger partial charge in [-0.25, -0.2) is 4.98 Å². The van der Waals surface area contributed by atoms with Gasteiger partial charge in [0.1, 0.15) is 0 Å². The topological polar surface area (TPSA) is 29.3 Å². The van der Waals surface area contributed by atoms with Gasteiger partial charge in [0, 0.05) is 18.3 Å². The summed E-state index contributed by atoms with van der Waals surface area (Å²) in [5.74, 6) is 0.581. The van der Waals surface area contributed by atoms with E-state index in [0.29, 0.717) is 5.92 Å². The standard InChI is InChI=1S/C12H14ClN3/c13-10-2-1-7-16-8-11(15-12(10)16)9-3-5-14-6-4-9/h1-2,7-9,14H,3-6H2. The molecule has 0 amide bonds. The number of nitrogens with one attached hydrogen (secondary N) is 1. The van der Waals surface area contributed by atoms with E-state index in [1.165, 1.54) is 18.5 Å². The molecule has 1 fully saturated rings. The van der Waals surface area contributed by atoms with Crippen LogP contribution in [0.1, 0.15) is 24.5 Å². The van der Waals surface area contributed by atoms with E-state index in [1.807, 2.05) is 22.7 Å². The molecule has 0 unspecified atom stereocenters. The molecule has 3 rings (SSSR count). The van der Waals surface area contributed by atoms with Gasteiger partial charge in [-0.1, -0.05) is 11.6 Å². The van der Waals surface area contributed by atoms with Crippen molar-refractivity contribution >= 4 is 17.2 Å². The van der Waals surface area contributed by atoms with Crippen LogP contribution in [0, 0.1) is 0 Å². The molecule has 0 radical (unpaired) electrons. The number of nitrogens with zero attached hydrogens (tertiary/aromatic N) is 2. The zero-order valence-corrected chi connectivity index (χ0v) is 9.74. The Hall–Kier alpha value is -1.06. The van der Waals surface area contributed by atoms with Crippen molar-refractivity contribution in [2.45, 2.75) is 18.8 Å². The number of piperidine rings is 1. The first-order valence-electron chi connectivity index (χ1n) is 5.68. The highest BCUT2D eigenvalue weighted by Crippen LogP contribution is 2.26. The van der Waals surface area contributed by atoms with Crippen molar-refractivity contribution in [2.75, 3.05) is 13.1 Å². The normalized spacial score (nSPS) is 18.1. The molecule has 1 aliphatic rings. The molecule has 0 spiro atoms. The van der Waals surface area contributed by atoms with E-state index in [1.54, 1.807) is 0 Å². The number of hydrogen-bond acceptors (Lipinski definition) is 2. The molecular formula is C12H14ClN3. The summed E-state index contributed by atoms with van der Waals surface area (Å²) in [6.07, 6.45) is 6.44. The van der Waals surface area contributed by atoms with E-state index < -0.39 is 0 Å². The number of aromatic nitrogens is 2. The summed E-state index contributed by atoms with van der Waals surface area (Å²) in [6, 6.07) is 3.83. The van der Waals surface area contributed by atoms with Crippen LogP contribution in [-0.2, 0) is 0 Å². The Bertz CT molecular complexity index is 500. The summed E-state index contributed by atoms with van der Waals surface area (Å²) < 4.78 is 2.01. The third-order valence-electron chi connectivity index (χ3n) is 3.21. The summed E-state index contributed by atoms with van der Waals surface area (Å²) in [5.41, 5.74) is 2.05. The molecule has 3 heterocycles. The van der Waals surface area contributed by atoms with E-state index in [0.717, 1.165) is 23.8 Å². The minimum Gasteiger partial charge on any atom is -0.317 e. The Morgan fingerprint density at radius 2 is 2.19 bits per heavy atom. The quantitative estimate of drug-likeness (QED) is 0.823. The lowest BCUT2D eigenvalue weighted by Crippen LogP contribution is -2.26. The van der Waals surface area contributed by atoms with Gasteiger partial charge in [-0.3, -0.25) is 0 Å². The summed E-state index contributed by atoms with van der Waals surface area (Å²) in [7, 11) is 0. The van der Waals surface area contributed by atoms with Crippen LogP contribution < -0.4 is 5.32 Å². The first kappa shape index (κ1) is 10.1. The van der Waals surface area contributed by atoms with Crippen LogP contribution in [0.25, 0.3) is 5.65 Å². The Labute approximate surface area is 99.4 Å². The van der Waals surface area contributed by atoms with Gasteiger partial charge in [-0.05, 0) is 38.1 Å². The van der Waals surface area contributed by atoms with Gasteiger partial charge >= 0.3 is 0 Å². The highest BCUT2D eigenvalue weighted by molar-refractivity contribution is 6.33. The summed E-state index contributed by atoms with van der Waals surface area (Å²) in [6.45, 7) is 2.18. The Kier molecular flexibility index (Phi) is 2.58. The zero-order valence-electron chi connectivity index (χ0n) is 8.99. The highest BCUT2D eigenvalue weighted by atomic mass is 35.5. The number of pyridine rings is 1. The van der Waals surface area contributed by atoms with E-state index in [4.69, 9.17) is 11.6 Å². The van der Waals surface area contributed by atoms with Crippen molar-refractivity contribution in [3.05, 3.63) is 35.2 Å². The lowest BCUT2D eigenvalue weighted by molar-refractivity contribution is 0.454. The molecule has 0 aromatic carbocycles. The fraction of sp³-hybridized carbons (Fsp3) is 0.417. The Balaban J connectivity index is 2.01. The average molecular weight is 236 g/mol. The molecular weight excluding hydrogens is 222 g/mol. The molecule has 1 saturated heterocycles. The van der Waals surface area contributed by atoms with Gasteiger partial charge in [0.25, 0.3) is 0 Å². The highest BCUT2D eigenvalue weighted by Gasteiger charge is 2.18. The van der Waals surface area contributed by atoms with Crippen LogP contribution in [0.15, 0.2) is 24.5 Å². The third kappa shape index (κ3) is 1.70. The molecule has 0 bridgehead atoms. The summed E-state index contributed by atoms with van der Waals surface area (Å²) >= 11 is 6.11. The average Bonchev–Trinajstić information content (AvgIpc) is 2.76. The van der Waals surface area contributed by atoms with Crippen LogP contribution in [0.5, 0.6) is 0 Å². The van der Waals surface area contributed by atoms with Gasteiger partial charge < -0.3 is 9.72 Å². The number of hydrogen-bond donors (Lipinski definition) is 1. The van der Waals surface area contributed by atoms with Gasteiger partial charge in [0.05, 0.1) is 10.7 Å². The molecule has 4 heteroatoms. The summed E-state index contributed by atoms with van der Waals surface area (Å²) in [5, 5.41) is 4.09. The molecule has 2 aromatic heterocycles. The lowest BCUT2D eigenvalue weighted by Gasteiger charge is -2.20. The number of halogens is 1. The van der Waals surface area contributed by atoms with Crippen LogP contribution >= 0.6 is 11.6 Å². The van der Waals surface area contributed by atoms with Crippen molar-refractivity contribution < 1.29 is 0 Å². The molecule has 2 aromatic rings. The van der Waals surface area contributed by atoms with Crippen LogP contribution in [-0.4, -0.2) is 22.5 Å². The molecule has 84 valence electrons. The second-order valence-electron chi connectivity index (χ2n) is 4.28. The predicted molar refractivity (Wildman–Crippen MR) is 65.0 cm³/mol. The SMILES string of the molecule is Clc1cccn2cc(C3CCNCC3)nc12. The van der Waals surface area contributed by atoms with E-state index in [-0.39, 0.29) is 0 Å². The van der Waals surface area contributed by atoms with E-state index in [2.05, 4.69) is 16.5 Å². The maximum atomic E-state index is 6.11. The van der Waals surface area contributed by atoms with Crippen LogP contribution in [0.2, 0.25) is 5.02 Å². The van der Waals surface area contributed by atoms with E-state index in [9.17, 15) is 0 Å². The molecule has 0 saturated carbocycles. The lowest BCUT2D eigenvalue weighted by atomic mass is 9.95. The Morgan fingerprint density at radius 1 is 1.38 bits per heavy atom. The maximum Gasteiger partial charge on any atom is 0.155 e. The van der Waals surface area contributed by atoms with Crippen LogP contribution in [0.3, 0.4) is 0 Å². The van der Waals surface area contributed by atoms with Gasteiger partial charge in [-0.2, -0.15) is 0 Å². The fourth-order valence-electron chi connectivity index (χ4n) is 2.31. The van der Waals surface area contributed by atoms with Crippen molar-refractivity contribution in [1.82, 2.24) is 14.7 Å². The minimum atomic E-state index is 0.581. The molecule has 0 atom stereocenters. The number of fused-ring (bicyclic) bond motifs is 1. The molecule has 1 aliphatic heterocycles. The fourth-order valence-corrected chi connectivity index (χ4v) is 2.52. The molecule has 1 N–H and O–H groups in total. The van der Waals surface area contributed by atoms with Gasteiger partial charge in [0.2, 0.25) is 0 Å². The molecule has 16 heavy (non-hydrogen) atoms. The first-order valence-corrected chi connectivity index (χ1v) is 6.06. The largest absolute Gasteiger partial charge is 0.317 e.